The molecule has 2 aromatic heterocycles. The number of amides is 1. The average Bonchev–Trinajstić information content (AvgIpc) is 2.96. The number of nitrogens with one attached hydrogen (secondary N) is 2. The minimum Gasteiger partial charge on any atom is -0.304 e. The monoisotopic (exact) mass is 294 g/mol. The van der Waals surface area contributed by atoms with Crippen molar-refractivity contribution in [2.75, 3.05) is 11.9 Å². The van der Waals surface area contributed by atoms with Crippen LogP contribution < -0.4 is 10.6 Å². The third-order valence-corrected chi connectivity index (χ3v) is 3.36. The Morgan fingerprint density at radius 1 is 1.45 bits per heavy atom. The van der Waals surface area contributed by atoms with Gasteiger partial charge in [-0.2, -0.15) is 5.10 Å². The van der Waals surface area contributed by atoms with Crippen LogP contribution in [-0.4, -0.2) is 38.5 Å². The molecule has 0 fully saturated rings. The highest BCUT2D eigenvalue weighted by Crippen LogP contribution is 2.12. The molecule has 0 saturated heterocycles. The molecule has 0 aliphatic heterocycles. The van der Waals surface area contributed by atoms with E-state index in [1.165, 1.54) is 11.3 Å². The zero-order valence-corrected chi connectivity index (χ0v) is 12.6. The van der Waals surface area contributed by atoms with Gasteiger partial charge in [-0.1, -0.05) is 11.3 Å². The predicted octanol–water partition coefficient (Wildman–Crippen LogP) is 0.968. The number of rotatable bonds is 6. The predicted molar refractivity (Wildman–Crippen MR) is 77.7 cm³/mol. The van der Waals surface area contributed by atoms with Crippen LogP contribution in [0.2, 0.25) is 0 Å². The molecule has 1 atom stereocenters. The molecule has 7 nitrogen and oxygen atoms in total. The Labute approximate surface area is 121 Å². The summed E-state index contributed by atoms with van der Waals surface area (Å²) in [5, 5.41) is 19.1. The molecule has 0 radical (unpaired) electrons. The number of aryl methyl sites for hydroxylation is 2. The summed E-state index contributed by atoms with van der Waals surface area (Å²) in [5.41, 5.74) is 1.13. The Kier molecular flexibility index (Phi) is 4.80. The van der Waals surface area contributed by atoms with Gasteiger partial charge in [0.25, 0.3) is 0 Å². The van der Waals surface area contributed by atoms with Crippen LogP contribution >= 0.6 is 11.3 Å². The van der Waals surface area contributed by atoms with Crippen LogP contribution in [-0.2, 0) is 11.3 Å². The summed E-state index contributed by atoms with van der Waals surface area (Å²) in [4.78, 5) is 11.7. The topological polar surface area (TPSA) is 84.7 Å². The van der Waals surface area contributed by atoms with E-state index in [4.69, 9.17) is 0 Å². The molecular weight excluding hydrogens is 276 g/mol. The van der Waals surface area contributed by atoms with Gasteiger partial charge in [0.1, 0.15) is 5.01 Å². The van der Waals surface area contributed by atoms with Gasteiger partial charge in [-0.3, -0.25) is 14.8 Å². The van der Waals surface area contributed by atoms with Crippen molar-refractivity contribution in [3.05, 3.63) is 23.0 Å². The molecule has 2 heterocycles. The maximum Gasteiger partial charge on any atom is 0.240 e. The lowest BCUT2D eigenvalue weighted by atomic mass is 10.3. The van der Waals surface area contributed by atoms with Gasteiger partial charge in [0.15, 0.2) is 0 Å². The Balaban J connectivity index is 1.72. The minimum absolute atomic E-state index is 0.121. The molecule has 2 rings (SSSR count). The Morgan fingerprint density at radius 3 is 2.85 bits per heavy atom. The lowest BCUT2D eigenvalue weighted by Crippen LogP contribution is -2.36. The quantitative estimate of drug-likeness (QED) is 0.829. The molecule has 108 valence electrons. The standard InChI is InChI=1S/C12H18N6OS/c1-8-4-14-18(6-8)7-9(2)13-5-11(19)15-12-17-16-10(3)20-12/h4,6,9,13H,5,7H2,1-3H3,(H,15,17,19)/t9-/m0/s1. The van der Waals surface area contributed by atoms with Crippen LogP contribution in [0.1, 0.15) is 17.5 Å². The van der Waals surface area contributed by atoms with Crippen molar-refractivity contribution < 1.29 is 4.79 Å². The molecule has 0 aliphatic rings. The van der Waals surface area contributed by atoms with E-state index in [1.807, 2.05) is 37.8 Å². The third-order valence-electron chi connectivity index (χ3n) is 2.61. The fourth-order valence-corrected chi connectivity index (χ4v) is 2.30. The van der Waals surface area contributed by atoms with Gasteiger partial charge in [0, 0.05) is 12.2 Å². The van der Waals surface area contributed by atoms with Gasteiger partial charge in [-0.15, -0.1) is 10.2 Å². The average molecular weight is 294 g/mol. The minimum atomic E-state index is -0.121. The van der Waals surface area contributed by atoms with E-state index in [9.17, 15) is 4.79 Å². The molecule has 20 heavy (non-hydrogen) atoms. The maximum absolute atomic E-state index is 11.7. The fraction of sp³-hybridized carbons (Fsp3) is 0.500. The Bertz CT molecular complexity index is 578. The SMILES string of the molecule is Cc1cnn(C[C@H](C)NCC(=O)Nc2nnc(C)s2)c1. The number of carbonyl (C=O) groups is 1. The molecule has 0 aliphatic carbocycles. The van der Waals surface area contributed by atoms with Gasteiger partial charge in [-0.25, -0.2) is 0 Å². The summed E-state index contributed by atoms with van der Waals surface area (Å²) < 4.78 is 1.86. The van der Waals surface area contributed by atoms with Crippen LogP contribution in [0, 0.1) is 13.8 Å². The van der Waals surface area contributed by atoms with Crippen LogP contribution in [0.25, 0.3) is 0 Å². The second kappa shape index (κ2) is 6.58. The van der Waals surface area contributed by atoms with E-state index in [1.54, 1.807) is 0 Å². The first-order valence-electron chi connectivity index (χ1n) is 6.35. The van der Waals surface area contributed by atoms with Crippen LogP contribution in [0.3, 0.4) is 0 Å². The molecule has 0 saturated carbocycles. The molecular formula is C12H18N6OS. The van der Waals surface area contributed by atoms with E-state index in [0.717, 1.165) is 17.1 Å². The first kappa shape index (κ1) is 14.6. The number of hydrogen-bond acceptors (Lipinski definition) is 6. The number of anilines is 1. The lowest BCUT2D eigenvalue weighted by molar-refractivity contribution is -0.115. The number of aromatic nitrogens is 4. The highest BCUT2D eigenvalue weighted by atomic mass is 32.1. The van der Waals surface area contributed by atoms with Crippen molar-refractivity contribution in [2.45, 2.75) is 33.4 Å². The highest BCUT2D eigenvalue weighted by molar-refractivity contribution is 7.15. The maximum atomic E-state index is 11.7. The summed E-state index contributed by atoms with van der Waals surface area (Å²) in [6, 6.07) is 0.149. The van der Waals surface area contributed by atoms with Crippen LogP contribution in [0.4, 0.5) is 5.13 Å². The zero-order valence-electron chi connectivity index (χ0n) is 11.8. The molecule has 0 aromatic carbocycles. The van der Waals surface area contributed by atoms with E-state index in [2.05, 4.69) is 25.9 Å². The van der Waals surface area contributed by atoms with E-state index >= 15 is 0 Å². The molecule has 1 amide bonds. The van der Waals surface area contributed by atoms with Gasteiger partial charge in [0.2, 0.25) is 11.0 Å². The second-order valence-electron chi connectivity index (χ2n) is 4.70. The summed E-state index contributed by atoms with van der Waals surface area (Å²) >= 11 is 1.36. The van der Waals surface area contributed by atoms with Crippen molar-refractivity contribution >= 4 is 22.4 Å². The molecule has 0 spiro atoms. The van der Waals surface area contributed by atoms with Gasteiger partial charge >= 0.3 is 0 Å². The number of carbonyl (C=O) groups excluding carboxylic acids is 1. The summed E-state index contributed by atoms with van der Waals surface area (Å²) in [7, 11) is 0. The Hall–Kier alpha value is -1.80. The number of hydrogen-bond donors (Lipinski definition) is 2. The number of nitrogens with zero attached hydrogens (tertiary/aromatic N) is 4. The van der Waals surface area contributed by atoms with Gasteiger partial charge in [0.05, 0.1) is 19.3 Å². The second-order valence-corrected chi connectivity index (χ2v) is 5.88. The van der Waals surface area contributed by atoms with Gasteiger partial charge < -0.3 is 5.32 Å². The van der Waals surface area contributed by atoms with Gasteiger partial charge in [-0.05, 0) is 26.3 Å². The fourth-order valence-electron chi connectivity index (χ4n) is 1.69. The molecule has 0 unspecified atom stereocenters. The lowest BCUT2D eigenvalue weighted by Gasteiger charge is -2.13. The first-order valence-corrected chi connectivity index (χ1v) is 7.17. The molecule has 0 bridgehead atoms. The Morgan fingerprint density at radius 2 is 2.25 bits per heavy atom. The van der Waals surface area contributed by atoms with Crippen molar-refractivity contribution in [1.29, 1.82) is 0 Å². The van der Waals surface area contributed by atoms with Crippen LogP contribution in [0.5, 0.6) is 0 Å². The van der Waals surface area contributed by atoms with E-state index in [-0.39, 0.29) is 18.5 Å². The normalized spacial score (nSPS) is 12.3. The first-order chi connectivity index (χ1) is 9.52. The summed E-state index contributed by atoms with van der Waals surface area (Å²) in [5.74, 6) is -0.121. The smallest absolute Gasteiger partial charge is 0.240 e. The van der Waals surface area contributed by atoms with Crippen molar-refractivity contribution in [3.63, 3.8) is 0 Å². The van der Waals surface area contributed by atoms with Crippen molar-refractivity contribution in [3.8, 4) is 0 Å². The largest absolute Gasteiger partial charge is 0.304 e. The van der Waals surface area contributed by atoms with E-state index in [0.29, 0.717) is 5.13 Å². The van der Waals surface area contributed by atoms with Crippen molar-refractivity contribution in [1.82, 2.24) is 25.3 Å². The highest BCUT2D eigenvalue weighted by Gasteiger charge is 2.09. The van der Waals surface area contributed by atoms with Crippen LogP contribution in [0.15, 0.2) is 12.4 Å². The zero-order chi connectivity index (χ0) is 14.5. The summed E-state index contributed by atoms with van der Waals surface area (Å²) in [6.07, 6.45) is 3.79. The van der Waals surface area contributed by atoms with E-state index < -0.39 is 0 Å². The third kappa shape index (κ3) is 4.39. The molecule has 8 heteroatoms. The molecule has 2 aromatic rings. The molecule has 2 N–H and O–H groups in total. The van der Waals surface area contributed by atoms with Crippen molar-refractivity contribution in [2.24, 2.45) is 0 Å². The summed E-state index contributed by atoms with van der Waals surface area (Å²) in [6.45, 7) is 6.82.